The van der Waals surface area contributed by atoms with Gasteiger partial charge in [0.2, 0.25) is 0 Å². The molecule has 1 aliphatic carbocycles. The average molecular weight is 156 g/mol. The van der Waals surface area contributed by atoms with Gasteiger partial charge in [-0.2, -0.15) is 0 Å². The van der Waals surface area contributed by atoms with E-state index in [0.29, 0.717) is 12.3 Å². The molecule has 2 atom stereocenters. The molecule has 1 aliphatic rings. The van der Waals surface area contributed by atoms with Gasteiger partial charge in [0.25, 0.3) is 0 Å². The predicted molar refractivity (Wildman–Crippen MR) is 44.2 cm³/mol. The minimum absolute atomic E-state index is 0.347. The second-order valence-corrected chi connectivity index (χ2v) is 3.45. The third-order valence-electron chi connectivity index (χ3n) is 2.22. The number of aliphatic hydroxyl groups is 2. The van der Waals surface area contributed by atoms with Crippen LogP contribution in [0.1, 0.15) is 26.7 Å². The van der Waals surface area contributed by atoms with Gasteiger partial charge >= 0.3 is 0 Å². The van der Waals surface area contributed by atoms with Crippen molar-refractivity contribution >= 4 is 0 Å². The van der Waals surface area contributed by atoms with E-state index in [-0.39, 0.29) is 0 Å². The Labute approximate surface area is 67.6 Å². The Morgan fingerprint density at radius 1 is 1.45 bits per heavy atom. The lowest BCUT2D eigenvalue weighted by molar-refractivity contribution is 0.0264. The molecule has 2 heteroatoms. The molecule has 0 aromatic carbocycles. The van der Waals surface area contributed by atoms with Gasteiger partial charge in [-0.15, -0.1) is 0 Å². The molecular formula is C9H16O2. The molecule has 0 saturated carbocycles. The second kappa shape index (κ2) is 3.37. The molecule has 2 unspecified atom stereocenters. The molecule has 0 radical (unpaired) electrons. The summed E-state index contributed by atoms with van der Waals surface area (Å²) in [6.07, 6.45) is 2.46. The predicted octanol–water partition coefficient (Wildman–Crippen LogP) is 1.08. The van der Waals surface area contributed by atoms with Crippen LogP contribution in [0, 0.1) is 5.92 Å². The third-order valence-corrected chi connectivity index (χ3v) is 2.22. The maximum absolute atomic E-state index is 9.49. The summed E-state index contributed by atoms with van der Waals surface area (Å²) in [7, 11) is 0. The van der Waals surface area contributed by atoms with E-state index in [9.17, 15) is 10.2 Å². The Morgan fingerprint density at radius 2 is 2.09 bits per heavy atom. The van der Waals surface area contributed by atoms with Gasteiger partial charge in [0.1, 0.15) is 6.10 Å². The van der Waals surface area contributed by atoms with E-state index >= 15 is 0 Å². The molecule has 64 valence electrons. The van der Waals surface area contributed by atoms with Crippen molar-refractivity contribution in [2.24, 2.45) is 5.92 Å². The highest BCUT2D eigenvalue weighted by Crippen LogP contribution is 2.24. The minimum Gasteiger partial charge on any atom is -0.390 e. The lowest BCUT2D eigenvalue weighted by atomic mass is 9.87. The standard InChI is InChI=1S/C9H16O2/c1-6(2)7-4-3-5-8(10)9(7)11/h4,6,8-11H,3,5H2,1-2H3. The fourth-order valence-electron chi connectivity index (χ4n) is 1.50. The van der Waals surface area contributed by atoms with Crippen molar-refractivity contribution in [3.05, 3.63) is 11.6 Å². The summed E-state index contributed by atoms with van der Waals surface area (Å²) < 4.78 is 0. The summed E-state index contributed by atoms with van der Waals surface area (Å²) in [5.74, 6) is 0.347. The first kappa shape index (κ1) is 8.75. The van der Waals surface area contributed by atoms with Crippen LogP contribution in [0.15, 0.2) is 11.6 Å². The normalized spacial score (nSPS) is 32.3. The maximum Gasteiger partial charge on any atom is 0.101 e. The molecule has 0 aromatic heterocycles. The zero-order valence-corrected chi connectivity index (χ0v) is 7.12. The summed E-state index contributed by atoms with van der Waals surface area (Å²) >= 11 is 0. The summed E-state index contributed by atoms with van der Waals surface area (Å²) in [5, 5.41) is 18.8. The summed E-state index contributed by atoms with van der Waals surface area (Å²) in [4.78, 5) is 0. The smallest absolute Gasteiger partial charge is 0.101 e. The van der Waals surface area contributed by atoms with E-state index in [1.807, 2.05) is 19.9 Å². The van der Waals surface area contributed by atoms with Gasteiger partial charge in [0, 0.05) is 0 Å². The lowest BCUT2D eigenvalue weighted by Gasteiger charge is -2.27. The van der Waals surface area contributed by atoms with Crippen LogP contribution >= 0.6 is 0 Å². The van der Waals surface area contributed by atoms with E-state index in [4.69, 9.17) is 0 Å². The molecule has 0 spiro atoms. The number of hydrogen-bond donors (Lipinski definition) is 2. The fourth-order valence-corrected chi connectivity index (χ4v) is 1.50. The number of hydrogen-bond acceptors (Lipinski definition) is 2. The van der Waals surface area contributed by atoms with E-state index in [1.165, 1.54) is 0 Å². The van der Waals surface area contributed by atoms with Gasteiger partial charge in [-0.05, 0) is 24.3 Å². The first-order valence-corrected chi connectivity index (χ1v) is 4.19. The Hall–Kier alpha value is -0.340. The molecule has 1 rings (SSSR count). The van der Waals surface area contributed by atoms with Crippen molar-refractivity contribution < 1.29 is 10.2 Å². The number of rotatable bonds is 1. The molecule has 0 saturated heterocycles. The molecule has 2 N–H and O–H groups in total. The molecule has 0 fully saturated rings. The van der Waals surface area contributed by atoms with Crippen LogP contribution in [0.25, 0.3) is 0 Å². The SMILES string of the molecule is CC(C)C1=CCCC(O)C1O. The molecular weight excluding hydrogens is 140 g/mol. The van der Waals surface area contributed by atoms with Crippen molar-refractivity contribution in [1.82, 2.24) is 0 Å². The van der Waals surface area contributed by atoms with Gasteiger partial charge < -0.3 is 10.2 Å². The zero-order valence-electron chi connectivity index (χ0n) is 7.12. The molecule has 11 heavy (non-hydrogen) atoms. The van der Waals surface area contributed by atoms with Crippen molar-refractivity contribution in [1.29, 1.82) is 0 Å². The van der Waals surface area contributed by atoms with Crippen LogP contribution in [0.3, 0.4) is 0 Å². The van der Waals surface area contributed by atoms with Gasteiger partial charge in [-0.3, -0.25) is 0 Å². The topological polar surface area (TPSA) is 40.5 Å². The van der Waals surface area contributed by atoms with Crippen molar-refractivity contribution in [3.63, 3.8) is 0 Å². The van der Waals surface area contributed by atoms with Crippen LogP contribution in [-0.4, -0.2) is 22.4 Å². The fraction of sp³-hybridized carbons (Fsp3) is 0.778. The van der Waals surface area contributed by atoms with Gasteiger partial charge in [-0.25, -0.2) is 0 Å². The molecule has 0 heterocycles. The molecule has 0 aromatic rings. The van der Waals surface area contributed by atoms with Crippen molar-refractivity contribution in [3.8, 4) is 0 Å². The van der Waals surface area contributed by atoms with Crippen molar-refractivity contribution in [2.75, 3.05) is 0 Å². The van der Waals surface area contributed by atoms with Crippen LogP contribution < -0.4 is 0 Å². The number of allylic oxidation sites excluding steroid dienone is 1. The quantitative estimate of drug-likeness (QED) is 0.558. The Balaban J connectivity index is 2.70. The summed E-state index contributed by atoms with van der Waals surface area (Å²) in [6.45, 7) is 4.07. The first-order chi connectivity index (χ1) is 5.13. The van der Waals surface area contributed by atoms with E-state index in [2.05, 4.69) is 0 Å². The Bertz CT molecular complexity index is 161. The van der Waals surface area contributed by atoms with E-state index < -0.39 is 12.2 Å². The van der Waals surface area contributed by atoms with Crippen LogP contribution in [0.2, 0.25) is 0 Å². The van der Waals surface area contributed by atoms with E-state index in [0.717, 1.165) is 12.0 Å². The van der Waals surface area contributed by atoms with Gasteiger partial charge in [0.15, 0.2) is 0 Å². The first-order valence-electron chi connectivity index (χ1n) is 4.19. The molecule has 0 bridgehead atoms. The van der Waals surface area contributed by atoms with Gasteiger partial charge in [0.05, 0.1) is 6.10 Å². The molecule has 0 amide bonds. The number of aliphatic hydroxyl groups excluding tert-OH is 2. The highest BCUT2D eigenvalue weighted by molar-refractivity contribution is 5.15. The summed E-state index contributed by atoms with van der Waals surface area (Å²) in [5.41, 5.74) is 0.990. The minimum atomic E-state index is -0.622. The highest BCUT2D eigenvalue weighted by Gasteiger charge is 2.25. The zero-order chi connectivity index (χ0) is 8.43. The highest BCUT2D eigenvalue weighted by atomic mass is 16.3. The van der Waals surface area contributed by atoms with Crippen LogP contribution in [0.5, 0.6) is 0 Å². The lowest BCUT2D eigenvalue weighted by Crippen LogP contribution is -2.32. The second-order valence-electron chi connectivity index (χ2n) is 3.45. The monoisotopic (exact) mass is 156 g/mol. The maximum atomic E-state index is 9.49. The van der Waals surface area contributed by atoms with Crippen molar-refractivity contribution in [2.45, 2.75) is 38.9 Å². The van der Waals surface area contributed by atoms with Gasteiger partial charge in [-0.1, -0.05) is 19.9 Å². The van der Waals surface area contributed by atoms with Crippen LogP contribution in [-0.2, 0) is 0 Å². The molecule has 2 nitrogen and oxygen atoms in total. The average Bonchev–Trinajstić information content (AvgIpc) is 1.94. The summed E-state index contributed by atoms with van der Waals surface area (Å²) in [6, 6.07) is 0. The van der Waals surface area contributed by atoms with E-state index in [1.54, 1.807) is 0 Å². The largest absolute Gasteiger partial charge is 0.390 e. The molecule has 0 aliphatic heterocycles. The van der Waals surface area contributed by atoms with Crippen LogP contribution in [0.4, 0.5) is 0 Å². The Morgan fingerprint density at radius 3 is 2.55 bits per heavy atom. The Kier molecular flexibility index (Phi) is 2.68. The third kappa shape index (κ3) is 1.82.